The lowest BCUT2D eigenvalue weighted by atomic mass is 10.0. The summed E-state index contributed by atoms with van der Waals surface area (Å²) in [6.07, 6.45) is 0.769. The van der Waals surface area contributed by atoms with Crippen LogP contribution in [0.15, 0.2) is 6.07 Å². The minimum atomic E-state index is 0.214. The van der Waals surface area contributed by atoms with Gasteiger partial charge in [0.2, 0.25) is 5.28 Å². The molecule has 0 saturated carbocycles. The molecule has 2 aromatic rings. The Labute approximate surface area is 138 Å². The monoisotopic (exact) mass is 330 g/mol. The Bertz CT molecular complexity index is 811. The van der Waals surface area contributed by atoms with E-state index in [0.717, 1.165) is 35.7 Å². The third-order valence-corrected chi connectivity index (χ3v) is 4.48. The van der Waals surface area contributed by atoms with E-state index >= 15 is 0 Å². The fraction of sp³-hybridized carbons (Fsp3) is 0.467. The average molecular weight is 331 g/mol. The van der Waals surface area contributed by atoms with E-state index in [1.54, 1.807) is 6.07 Å². The third-order valence-electron chi connectivity index (χ3n) is 4.31. The molecule has 0 bridgehead atoms. The number of anilines is 1. The summed E-state index contributed by atoms with van der Waals surface area (Å²) in [6, 6.07) is 4.07. The Morgan fingerprint density at radius 2 is 2.26 bits per heavy atom. The number of rotatable bonds is 1. The van der Waals surface area contributed by atoms with E-state index in [4.69, 9.17) is 21.6 Å². The summed E-state index contributed by atoms with van der Waals surface area (Å²) in [7, 11) is 0. The molecule has 118 valence electrons. The fourth-order valence-corrected chi connectivity index (χ4v) is 3.38. The number of halogens is 1. The van der Waals surface area contributed by atoms with Crippen LogP contribution in [-0.2, 0) is 17.7 Å². The summed E-state index contributed by atoms with van der Waals surface area (Å²) in [5, 5.41) is 13.6. The van der Waals surface area contributed by atoms with Crippen molar-refractivity contribution in [2.45, 2.75) is 25.9 Å². The number of hydrogen-bond acceptors (Lipinski definition) is 6. The average Bonchev–Trinajstić information content (AvgIpc) is 2.98. The molecule has 0 N–H and O–H groups in total. The van der Waals surface area contributed by atoms with Crippen molar-refractivity contribution in [2.75, 3.05) is 24.7 Å². The van der Waals surface area contributed by atoms with E-state index in [-0.39, 0.29) is 11.3 Å². The van der Waals surface area contributed by atoms with Crippen molar-refractivity contribution in [1.29, 1.82) is 5.26 Å². The highest BCUT2D eigenvalue weighted by Crippen LogP contribution is 2.35. The Balaban J connectivity index is 1.86. The van der Waals surface area contributed by atoms with Gasteiger partial charge in [0.1, 0.15) is 11.9 Å². The summed E-state index contributed by atoms with van der Waals surface area (Å²) in [5.74, 6) is 0.877. The molecular weight excluding hydrogens is 316 g/mol. The molecule has 0 unspecified atom stereocenters. The van der Waals surface area contributed by atoms with Crippen LogP contribution < -0.4 is 4.90 Å². The second-order valence-electron chi connectivity index (χ2n) is 5.76. The van der Waals surface area contributed by atoms with Gasteiger partial charge in [-0.1, -0.05) is 0 Å². The van der Waals surface area contributed by atoms with Crippen LogP contribution in [0.2, 0.25) is 5.28 Å². The summed E-state index contributed by atoms with van der Waals surface area (Å²) in [4.78, 5) is 11.1. The maximum atomic E-state index is 9.08. The molecule has 7 nitrogen and oxygen atoms in total. The van der Waals surface area contributed by atoms with Crippen molar-refractivity contribution in [3.05, 3.63) is 22.6 Å². The molecule has 0 aromatic carbocycles. The van der Waals surface area contributed by atoms with Gasteiger partial charge in [0.15, 0.2) is 5.69 Å². The molecule has 0 amide bonds. The molecule has 4 rings (SSSR count). The highest BCUT2D eigenvalue weighted by molar-refractivity contribution is 6.28. The molecule has 1 saturated heterocycles. The minimum absolute atomic E-state index is 0.214. The van der Waals surface area contributed by atoms with Crippen LogP contribution in [0.25, 0.3) is 11.4 Å². The number of nitriles is 1. The van der Waals surface area contributed by atoms with Gasteiger partial charge in [-0.25, -0.2) is 9.97 Å². The SMILES string of the molecule is C[C@H]1COCCN1c1nc(Cl)nc2c1CCn1nc(C#N)cc1-2. The second kappa shape index (κ2) is 5.48. The van der Waals surface area contributed by atoms with Gasteiger partial charge >= 0.3 is 0 Å². The molecule has 0 aliphatic carbocycles. The minimum Gasteiger partial charge on any atom is -0.377 e. The van der Waals surface area contributed by atoms with E-state index in [2.05, 4.69) is 33.0 Å². The van der Waals surface area contributed by atoms with Crippen molar-refractivity contribution < 1.29 is 4.74 Å². The third kappa shape index (κ3) is 2.35. The van der Waals surface area contributed by atoms with Gasteiger partial charge in [0.25, 0.3) is 0 Å². The standard InChI is InChI=1S/C15H15ClN6O/c1-9-8-23-5-4-21(9)14-11-2-3-22-12(6-10(7-17)20-22)13(11)18-15(16)19-14/h6,9H,2-5,8H2,1H3/t9-/m0/s1. The van der Waals surface area contributed by atoms with Gasteiger partial charge in [0, 0.05) is 24.7 Å². The number of fused-ring (bicyclic) bond motifs is 3. The summed E-state index contributed by atoms with van der Waals surface area (Å²) in [6.45, 7) is 4.96. The van der Waals surface area contributed by atoms with Crippen molar-refractivity contribution >= 4 is 17.4 Å². The first-order valence-corrected chi connectivity index (χ1v) is 7.94. The van der Waals surface area contributed by atoms with E-state index < -0.39 is 0 Å². The molecule has 1 atom stereocenters. The van der Waals surface area contributed by atoms with Crippen LogP contribution >= 0.6 is 11.6 Å². The predicted molar refractivity (Wildman–Crippen MR) is 84.3 cm³/mol. The normalized spacial score (nSPS) is 19.9. The van der Waals surface area contributed by atoms with Crippen molar-refractivity contribution in [3.8, 4) is 17.5 Å². The molecule has 0 spiro atoms. The first-order valence-electron chi connectivity index (χ1n) is 7.56. The first-order chi connectivity index (χ1) is 11.2. The van der Waals surface area contributed by atoms with Crippen LogP contribution in [0.5, 0.6) is 0 Å². The lowest BCUT2D eigenvalue weighted by Crippen LogP contribution is -2.45. The fourth-order valence-electron chi connectivity index (χ4n) is 3.22. The lowest BCUT2D eigenvalue weighted by molar-refractivity contribution is 0.0984. The Hall–Kier alpha value is -2.17. The Kier molecular flexibility index (Phi) is 3.43. The zero-order valence-corrected chi connectivity index (χ0v) is 13.4. The van der Waals surface area contributed by atoms with Gasteiger partial charge in [-0.2, -0.15) is 10.4 Å². The van der Waals surface area contributed by atoms with Crippen molar-refractivity contribution in [1.82, 2.24) is 19.7 Å². The Morgan fingerprint density at radius 3 is 3.04 bits per heavy atom. The van der Waals surface area contributed by atoms with Gasteiger partial charge < -0.3 is 9.64 Å². The van der Waals surface area contributed by atoms with Crippen LogP contribution in [-0.4, -0.2) is 45.5 Å². The smallest absolute Gasteiger partial charge is 0.224 e. The highest BCUT2D eigenvalue weighted by Gasteiger charge is 2.29. The maximum absolute atomic E-state index is 9.08. The van der Waals surface area contributed by atoms with Crippen molar-refractivity contribution in [2.24, 2.45) is 0 Å². The van der Waals surface area contributed by atoms with Gasteiger partial charge in [0.05, 0.1) is 30.6 Å². The lowest BCUT2D eigenvalue weighted by Gasteiger charge is -2.36. The molecule has 1 fully saturated rings. The summed E-state index contributed by atoms with van der Waals surface area (Å²) >= 11 is 6.18. The number of aromatic nitrogens is 4. The molecule has 4 heterocycles. The van der Waals surface area contributed by atoms with Crippen LogP contribution in [0.4, 0.5) is 5.82 Å². The van der Waals surface area contributed by atoms with E-state index in [1.807, 2.05) is 4.68 Å². The number of aryl methyl sites for hydroxylation is 1. The molecule has 2 aliphatic heterocycles. The largest absolute Gasteiger partial charge is 0.377 e. The molecule has 2 aliphatic rings. The number of nitrogens with zero attached hydrogens (tertiary/aromatic N) is 6. The molecular formula is C15H15ClN6O. The topological polar surface area (TPSA) is 79.9 Å². The molecule has 0 radical (unpaired) electrons. The number of hydrogen-bond donors (Lipinski definition) is 0. The quantitative estimate of drug-likeness (QED) is 0.740. The van der Waals surface area contributed by atoms with E-state index in [0.29, 0.717) is 25.5 Å². The van der Waals surface area contributed by atoms with Crippen LogP contribution in [0.3, 0.4) is 0 Å². The predicted octanol–water partition coefficient (Wildman–Crippen LogP) is 1.65. The number of morpholine rings is 1. The van der Waals surface area contributed by atoms with Gasteiger partial charge in [-0.15, -0.1) is 0 Å². The van der Waals surface area contributed by atoms with E-state index in [1.165, 1.54) is 0 Å². The highest BCUT2D eigenvalue weighted by atomic mass is 35.5. The van der Waals surface area contributed by atoms with Gasteiger partial charge in [-0.3, -0.25) is 4.68 Å². The first kappa shape index (κ1) is 14.4. The van der Waals surface area contributed by atoms with Crippen molar-refractivity contribution in [3.63, 3.8) is 0 Å². The molecule has 2 aromatic heterocycles. The van der Waals surface area contributed by atoms with E-state index in [9.17, 15) is 0 Å². The summed E-state index contributed by atoms with van der Waals surface area (Å²) < 4.78 is 7.33. The van der Waals surface area contributed by atoms with Gasteiger partial charge in [-0.05, 0) is 24.9 Å². The Morgan fingerprint density at radius 1 is 1.39 bits per heavy atom. The second-order valence-corrected chi connectivity index (χ2v) is 6.10. The van der Waals surface area contributed by atoms with Crippen LogP contribution in [0, 0.1) is 11.3 Å². The zero-order valence-electron chi connectivity index (χ0n) is 12.7. The maximum Gasteiger partial charge on any atom is 0.224 e. The zero-order chi connectivity index (χ0) is 16.0. The van der Waals surface area contributed by atoms with Crippen LogP contribution in [0.1, 0.15) is 18.2 Å². The number of ether oxygens (including phenoxy) is 1. The molecule has 8 heteroatoms. The summed E-state index contributed by atoms with van der Waals surface area (Å²) in [5.41, 5.74) is 3.07. The molecule has 23 heavy (non-hydrogen) atoms.